The number of amides is 1. The van der Waals surface area contributed by atoms with Crippen molar-refractivity contribution in [1.82, 2.24) is 14.9 Å². The van der Waals surface area contributed by atoms with E-state index in [0.29, 0.717) is 6.54 Å². The summed E-state index contributed by atoms with van der Waals surface area (Å²) in [5.74, 6) is 0.357. The standard InChI is InChI=1S/C23H31N3O3S2/c1-31(28,29)24-13-18-9-5-10-21(18)25-23(27)20-16-26(14-17-7-3-2-4-8-17)15-19(20)22-11-6-12-30-22/h2-4,6-8,11-12,18-21,24H,5,9-10,13-16H2,1H3,(H,25,27)/t18?,19-,20-,21?/m1/s1. The van der Waals surface area contributed by atoms with E-state index in [1.165, 1.54) is 16.7 Å². The molecule has 2 fully saturated rings. The highest BCUT2D eigenvalue weighted by molar-refractivity contribution is 7.88. The van der Waals surface area contributed by atoms with Crippen LogP contribution in [0.4, 0.5) is 0 Å². The topological polar surface area (TPSA) is 78.5 Å². The molecule has 6 nitrogen and oxygen atoms in total. The third-order valence-corrected chi connectivity index (χ3v) is 8.18. The second kappa shape index (κ2) is 9.81. The lowest BCUT2D eigenvalue weighted by molar-refractivity contribution is -0.126. The summed E-state index contributed by atoms with van der Waals surface area (Å²) in [6, 6.07) is 14.6. The Morgan fingerprint density at radius 2 is 1.94 bits per heavy atom. The van der Waals surface area contributed by atoms with Gasteiger partial charge in [-0.25, -0.2) is 13.1 Å². The van der Waals surface area contributed by atoms with Crippen LogP contribution in [0.1, 0.15) is 35.6 Å². The van der Waals surface area contributed by atoms with Crippen LogP contribution in [-0.2, 0) is 21.4 Å². The molecule has 168 valence electrons. The lowest BCUT2D eigenvalue weighted by atomic mass is 9.92. The van der Waals surface area contributed by atoms with E-state index in [-0.39, 0.29) is 29.7 Å². The summed E-state index contributed by atoms with van der Waals surface area (Å²) in [6.45, 7) is 2.85. The Kier molecular flexibility index (Phi) is 7.11. The van der Waals surface area contributed by atoms with Gasteiger partial charge in [0.05, 0.1) is 12.2 Å². The van der Waals surface area contributed by atoms with E-state index in [9.17, 15) is 13.2 Å². The van der Waals surface area contributed by atoms with Gasteiger partial charge in [0.25, 0.3) is 0 Å². The summed E-state index contributed by atoms with van der Waals surface area (Å²) in [5, 5.41) is 5.37. The Bertz CT molecular complexity index is 963. The van der Waals surface area contributed by atoms with Crippen LogP contribution in [0.2, 0.25) is 0 Å². The summed E-state index contributed by atoms with van der Waals surface area (Å²) in [6.07, 6.45) is 4.04. The zero-order valence-corrected chi connectivity index (χ0v) is 19.5. The molecule has 2 aliphatic rings. The van der Waals surface area contributed by atoms with Crippen LogP contribution in [0.3, 0.4) is 0 Å². The minimum atomic E-state index is -3.22. The van der Waals surface area contributed by atoms with Crippen molar-refractivity contribution in [2.24, 2.45) is 11.8 Å². The Hall–Kier alpha value is -1.74. The second-order valence-electron chi connectivity index (χ2n) is 8.83. The molecule has 31 heavy (non-hydrogen) atoms. The summed E-state index contributed by atoms with van der Waals surface area (Å²) in [5.41, 5.74) is 1.26. The van der Waals surface area contributed by atoms with Gasteiger partial charge in [-0.05, 0) is 35.8 Å². The maximum atomic E-state index is 13.4. The van der Waals surface area contributed by atoms with Gasteiger partial charge >= 0.3 is 0 Å². The first-order valence-electron chi connectivity index (χ1n) is 10.9. The molecule has 1 aliphatic carbocycles. The van der Waals surface area contributed by atoms with Gasteiger partial charge in [-0.15, -0.1) is 11.3 Å². The molecule has 8 heteroatoms. The lowest BCUT2D eigenvalue weighted by Gasteiger charge is -2.24. The van der Waals surface area contributed by atoms with Crippen LogP contribution in [0.5, 0.6) is 0 Å². The van der Waals surface area contributed by atoms with Gasteiger partial charge in [0.15, 0.2) is 0 Å². The second-order valence-corrected chi connectivity index (χ2v) is 11.6. The fourth-order valence-electron chi connectivity index (χ4n) is 4.93. The number of carbonyl (C=O) groups is 1. The van der Waals surface area contributed by atoms with E-state index in [1.54, 1.807) is 11.3 Å². The van der Waals surface area contributed by atoms with Crippen LogP contribution in [0.15, 0.2) is 47.8 Å². The first-order chi connectivity index (χ1) is 14.9. The smallest absolute Gasteiger partial charge is 0.225 e. The highest BCUT2D eigenvalue weighted by atomic mass is 32.2. The van der Waals surface area contributed by atoms with Gasteiger partial charge in [0, 0.05) is 43.0 Å². The van der Waals surface area contributed by atoms with Gasteiger partial charge in [-0.1, -0.05) is 42.8 Å². The van der Waals surface area contributed by atoms with E-state index in [0.717, 1.165) is 38.9 Å². The lowest BCUT2D eigenvalue weighted by Crippen LogP contribution is -2.45. The predicted octanol–water partition coefficient (Wildman–Crippen LogP) is 2.80. The molecule has 2 unspecified atom stereocenters. The van der Waals surface area contributed by atoms with Crippen LogP contribution in [-0.4, -0.2) is 51.2 Å². The fourth-order valence-corrected chi connectivity index (χ4v) is 6.33. The average Bonchev–Trinajstić information content (AvgIpc) is 3.47. The van der Waals surface area contributed by atoms with Crippen molar-refractivity contribution in [1.29, 1.82) is 0 Å². The zero-order valence-electron chi connectivity index (χ0n) is 17.9. The predicted molar refractivity (Wildman–Crippen MR) is 124 cm³/mol. The molecular weight excluding hydrogens is 430 g/mol. The summed E-state index contributed by atoms with van der Waals surface area (Å²) >= 11 is 1.72. The first-order valence-corrected chi connectivity index (χ1v) is 13.7. The third kappa shape index (κ3) is 5.94. The molecular formula is C23H31N3O3S2. The molecule has 0 radical (unpaired) electrons. The van der Waals surface area contributed by atoms with E-state index in [4.69, 9.17) is 0 Å². The molecule has 1 aliphatic heterocycles. The minimum Gasteiger partial charge on any atom is -0.353 e. The molecule has 0 spiro atoms. The molecule has 2 aromatic rings. The molecule has 0 bridgehead atoms. The van der Waals surface area contributed by atoms with Crippen LogP contribution < -0.4 is 10.0 Å². The van der Waals surface area contributed by atoms with Crippen molar-refractivity contribution in [3.8, 4) is 0 Å². The maximum absolute atomic E-state index is 13.4. The van der Waals surface area contributed by atoms with Gasteiger partial charge < -0.3 is 5.32 Å². The molecule has 1 amide bonds. The number of hydrogen-bond acceptors (Lipinski definition) is 5. The Morgan fingerprint density at radius 3 is 2.65 bits per heavy atom. The zero-order chi connectivity index (χ0) is 21.8. The van der Waals surface area contributed by atoms with E-state index in [1.807, 2.05) is 6.07 Å². The van der Waals surface area contributed by atoms with Crippen LogP contribution in [0, 0.1) is 11.8 Å². The number of benzene rings is 1. The molecule has 4 atom stereocenters. The van der Waals surface area contributed by atoms with Gasteiger partial charge in [0.1, 0.15) is 0 Å². The molecule has 2 heterocycles. The molecule has 1 saturated heterocycles. The largest absolute Gasteiger partial charge is 0.353 e. The number of likely N-dealkylation sites (tertiary alicyclic amines) is 1. The molecule has 1 aromatic heterocycles. The number of sulfonamides is 1. The van der Waals surface area contributed by atoms with Crippen molar-refractivity contribution in [2.45, 2.75) is 37.8 Å². The van der Waals surface area contributed by atoms with E-state index in [2.05, 4.69) is 56.7 Å². The summed E-state index contributed by atoms with van der Waals surface area (Å²) in [4.78, 5) is 17.0. The van der Waals surface area contributed by atoms with Gasteiger partial charge in [-0.2, -0.15) is 0 Å². The normalized spacial score (nSPS) is 26.9. The number of rotatable bonds is 8. The SMILES string of the molecule is CS(=O)(=O)NCC1CCCC1NC(=O)[C@@H]1CN(Cc2ccccc2)C[C@H]1c1cccs1. The number of nitrogens with one attached hydrogen (secondary N) is 2. The highest BCUT2D eigenvalue weighted by Gasteiger charge is 2.40. The summed E-state index contributed by atoms with van der Waals surface area (Å²) in [7, 11) is -3.22. The maximum Gasteiger partial charge on any atom is 0.225 e. The van der Waals surface area contributed by atoms with Gasteiger partial charge in [0.2, 0.25) is 15.9 Å². The number of hydrogen-bond donors (Lipinski definition) is 2. The Balaban J connectivity index is 1.43. The Morgan fingerprint density at radius 1 is 1.13 bits per heavy atom. The van der Waals surface area contributed by atoms with Crippen molar-refractivity contribution >= 4 is 27.3 Å². The van der Waals surface area contributed by atoms with Crippen molar-refractivity contribution in [2.75, 3.05) is 25.9 Å². The van der Waals surface area contributed by atoms with Crippen LogP contribution >= 0.6 is 11.3 Å². The van der Waals surface area contributed by atoms with Gasteiger partial charge in [-0.3, -0.25) is 9.69 Å². The number of thiophene rings is 1. The number of nitrogens with zero attached hydrogens (tertiary/aromatic N) is 1. The van der Waals surface area contributed by atoms with Crippen LogP contribution in [0.25, 0.3) is 0 Å². The molecule has 1 saturated carbocycles. The molecule has 1 aromatic carbocycles. The monoisotopic (exact) mass is 461 g/mol. The molecule has 2 N–H and O–H groups in total. The fraction of sp³-hybridized carbons (Fsp3) is 0.522. The minimum absolute atomic E-state index is 0.0360. The number of carbonyl (C=O) groups excluding carboxylic acids is 1. The Labute approximate surface area is 189 Å². The first kappa shape index (κ1) is 22.5. The summed E-state index contributed by atoms with van der Waals surface area (Å²) < 4.78 is 25.6. The van der Waals surface area contributed by atoms with Crippen molar-refractivity contribution in [3.63, 3.8) is 0 Å². The quantitative estimate of drug-likeness (QED) is 0.634. The third-order valence-electron chi connectivity index (χ3n) is 6.48. The highest BCUT2D eigenvalue weighted by Crippen LogP contribution is 2.36. The molecule has 4 rings (SSSR count). The van der Waals surface area contributed by atoms with E-state index < -0.39 is 10.0 Å². The van der Waals surface area contributed by atoms with E-state index >= 15 is 0 Å². The average molecular weight is 462 g/mol. The van der Waals surface area contributed by atoms with Crippen molar-refractivity contribution < 1.29 is 13.2 Å². The van der Waals surface area contributed by atoms with Crippen molar-refractivity contribution in [3.05, 3.63) is 58.3 Å².